The number of phenolic OH excluding ortho intramolecular Hbond substituents is 1. The van der Waals surface area contributed by atoms with Crippen LogP contribution < -0.4 is 5.32 Å². The first-order chi connectivity index (χ1) is 10.7. The van der Waals surface area contributed by atoms with Gasteiger partial charge in [-0.05, 0) is 51.8 Å². The van der Waals surface area contributed by atoms with Gasteiger partial charge in [-0.15, -0.1) is 11.3 Å². The zero-order valence-electron chi connectivity index (χ0n) is 14.4. The largest absolute Gasteiger partial charge is 0.508 e. The van der Waals surface area contributed by atoms with Gasteiger partial charge < -0.3 is 15.2 Å². The van der Waals surface area contributed by atoms with E-state index in [1.165, 1.54) is 0 Å². The van der Waals surface area contributed by atoms with Gasteiger partial charge in [-0.2, -0.15) is 0 Å². The Bertz CT molecular complexity index is 665. The fourth-order valence-corrected chi connectivity index (χ4v) is 2.75. The summed E-state index contributed by atoms with van der Waals surface area (Å²) in [5, 5.41) is 15.2. The topological polar surface area (TPSA) is 71.5 Å². The van der Waals surface area contributed by atoms with Crippen molar-refractivity contribution in [3.8, 4) is 5.75 Å². The second-order valence-electron chi connectivity index (χ2n) is 6.36. The molecule has 1 amide bonds. The summed E-state index contributed by atoms with van der Waals surface area (Å²) in [6, 6.07) is 6.65. The predicted octanol–water partition coefficient (Wildman–Crippen LogP) is 3.97. The van der Waals surface area contributed by atoms with Gasteiger partial charge in [-0.25, -0.2) is 9.78 Å². The molecule has 0 fully saturated rings. The molecule has 0 saturated carbocycles. The van der Waals surface area contributed by atoms with Gasteiger partial charge in [-0.1, -0.05) is 12.1 Å². The number of rotatable bonds is 4. The van der Waals surface area contributed by atoms with Crippen molar-refractivity contribution in [1.82, 2.24) is 10.3 Å². The van der Waals surface area contributed by atoms with Crippen LogP contribution in [0.5, 0.6) is 5.75 Å². The van der Waals surface area contributed by atoms with Crippen molar-refractivity contribution < 1.29 is 58.7 Å². The number of amides is 1. The van der Waals surface area contributed by atoms with Crippen molar-refractivity contribution in [3.63, 3.8) is 0 Å². The molecule has 2 aromatic rings. The number of ether oxygens (including phenoxy) is 1. The third-order valence-corrected chi connectivity index (χ3v) is 3.85. The molecular formula is C17H22AcN2O3S. The third kappa shape index (κ3) is 7.08. The van der Waals surface area contributed by atoms with Crippen molar-refractivity contribution in [1.29, 1.82) is 0 Å². The van der Waals surface area contributed by atoms with Crippen LogP contribution in [0.2, 0.25) is 0 Å². The van der Waals surface area contributed by atoms with Gasteiger partial charge in [0.15, 0.2) is 0 Å². The van der Waals surface area contributed by atoms with Crippen molar-refractivity contribution in [2.45, 2.75) is 45.8 Å². The van der Waals surface area contributed by atoms with Crippen molar-refractivity contribution in [3.05, 3.63) is 45.9 Å². The number of nitrogens with one attached hydrogen (secondary N) is 1. The molecule has 1 radical (unpaired) electrons. The van der Waals surface area contributed by atoms with Crippen LogP contribution in [-0.2, 0) is 11.2 Å². The average Bonchev–Trinajstić information content (AvgIpc) is 2.85. The summed E-state index contributed by atoms with van der Waals surface area (Å²) in [5.74, 6) is 0.218. The number of nitrogens with zero attached hydrogens (tertiary/aromatic N) is 1. The van der Waals surface area contributed by atoms with E-state index >= 15 is 0 Å². The number of aromatic hydroxyl groups is 1. The van der Waals surface area contributed by atoms with Crippen LogP contribution >= 0.6 is 11.3 Å². The van der Waals surface area contributed by atoms with Gasteiger partial charge in [-0.3, -0.25) is 0 Å². The van der Waals surface area contributed by atoms with Crippen molar-refractivity contribution >= 4 is 17.4 Å². The van der Waals surface area contributed by atoms with E-state index in [0.717, 1.165) is 16.3 Å². The number of carbonyl (C=O) groups excluding carboxylic acids is 1. The van der Waals surface area contributed by atoms with E-state index in [4.69, 9.17) is 4.74 Å². The quantitative estimate of drug-likeness (QED) is 0.593. The Morgan fingerprint density at radius 1 is 1.33 bits per heavy atom. The van der Waals surface area contributed by atoms with E-state index in [0.29, 0.717) is 6.42 Å². The van der Waals surface area contributed by atoms with Gasteiger partial charge in [0.2, 0.25) is 0 Å². The summed E-state index contributed by atoms with van der Waals surface area (Å²) in [6.07, 6.45) is 0.106. The number of phenols is 1. The van der Waals surface area contributed by atoms with Crippen LogP contribution in [0.1, 0.15) is 43.1 Å². The number of hydrogen-bond donors (Lipinski definition) is 2. The number of benzene rings is 1. The maximum absolute atomic E-state index is 12.1. The monoisotopic (exact) mass is 561 g/mol. The summed E-state index contributed by atoms with van der Waals surface area (Å²) in [7, 11) is 0. The van der Waals surface area contributed by atoms with Gasteiger partial charge in [0, 0.05) is 49.4 Å². The SMILES string of the molecule is Cc1nc([C@H](Cc2ccc(O)cc2)NC(=O)OC(C)(C)C)cs1.[Ac]. The molecule has 1 heterocycles. The van der Waals surface area contributed by atoms with E-state index < -0.39 is 11.7 Å². The molecule has 0 bridgehead atoms. The summed E-state index contributed by atoms with van der Waals surface area (Å²) in [5.41, 5.74) is 1.26. The molecule has 5 nitrogen and oxygen atoms in total. The number of aryl methyl sites for hydroxylation is 1. The van der Waals surface area contributed by atoms with Crippen LogP contribution in [0.25, 0.3) is 0 Å². The number of alkyl carbamates (subject to hydrolysis) is 1. The zero-order valence-corrected chi connectivity index (χ0v) is 19.9. The van der Waals surface area contributed by atoms with E-state index in [1.807, 2.05) is 45.2 Å². The smallest absolute Gasteiger partial charge is 0.408 e. The van der Waals surface area contributed by atoms with E-state index in [2.05, 4.69) is 10.3 Å². The fraction of sp³-hybridized carbons (Fsp3) is 0.412. The average molecular weight is 561 g/mol. The minimum atomic E-state index is -0.550. The second-order valence-corrected chi connectivity index (χ2v) is 7.42. The van der Waals surface area contributed by atoms with Crippen molar-refractivity contribution in [2.24, 2.45) is 0 Å². The van der Waals surface area contributed by atoms with Crippen LogP contribution in [0.15, 0.2) is 29.6 Å². The molecule has 0 aliphatic carbocycles. The maximum Gasteiger partial charge on any atom is 0.408 e. The second kappa shape index (κ2) is 9.17. The molecule has 127 valence electrons. The number of aromatic nitrogens is 1. The van der Waals surface area contributed by atoms with Gasteiger partial charge in [0.25, 0.3) is 0 Å². The Balaban J connectivity index is 0.00000288. The van der Waals surface area contributed by atoms with Crippen LogP contribution in [0, 0.1) is 51.0 Å². The number of thiazole rings is 1. The fourth-order valence-electron chi connectivity index (χ4n) is 2.09. The standard InChI is InChI=1S/C17H22N2O3S.Ac/c1-11-18-15(10-23-11)14(19-16(21)22-17(2,3)4)9-12-5-7-13(20)8-6-12;/h5-8,10,14,20H,9H2,1-4H3,(H,19,21);/t14-;/m0./s1. The Kier molecular flexibility index (Phi) is 8.18. The first-order valence-electron chi connectivity index (χ1n) is 7.42. The molecule has 2 rings (SSSR count). The molecule has 0 aliphatic heterocycles. The van der Waals surface area contributed by atoms with Gasteiger partial charge >= 0.3 is 6.09 Å². The molecule has 0 unspecified atom stereocenters. The maximum atomic E-state index is 12.1. The Morgan fingerprint density at radius 2 is 1.96 bits per heavy atom. The molecule has 0 saturated heterocycles. The van der Waals surface area contributed by atoms with Crippen LogP contribution in [-0.4, -0.2) is 21.8 Å². The summed E-state index contributed by atoms with van der Waals surface area (Å²) >= 11 is 1.54. The Labute approximate surface area is 182 Å². The molecule has 0 aliphatic rings. The summed E-state index contributed by atoms with van der Waals surface area (Å²) < 4.78 is 5.34. The predicted molar refractivity (Wildman–Crippen MR) is 90.8 cm³/mol. The first kappa shape index (κ1) is 21.4. The molecule has 2 N–H and O–H groups in total. The first-order valence-corrected chi connectivity index (χ1v) is 8.30. The molecule has 24 heavy (non-hydrogen) atoms. The minimum absolute atomic E-state index is 0. The van der Waals surface area contributed by atoms with Gasteiger partial charge in [0.1, 0.15) is 11.4 Å². The van der Waals surface area contributed by atoms with Crippen LogP contribution in [0.4, 0.5) is 4.79 Å². The molecule has 1 aromatic carbocycles. The van der Waals surface area contributed by atoms with E-state index in [9.17, 15) is 9.90 Å². The zero-order chi connectivity index (χ0) is 17.0. The number of carbonyl (C=O) groups is 1. The van der Waals surface area contributed by atoms with E-state index in [1.54, 1.807) is 23.5 Å². The molecule has 1 atom stereocenters. The van der Waals surface area contributed by atoms with Crippen molar-refractivity contribution in [2.75, 3.05) is 0 Å². The van der Waals surface area contributed by atoms with Crippen LogP contribution in [0.3, 0.4) is 0 Å². The normalized spacial score (nSPS) is 12.2. The Morgan fingerprint density at radius 3 is 2.46 bits per heavy atom. The molecule has 0 spiro atoms. The van der Waals surface area contributed by atoms with E-state index in [-0.39, 0.29) is 55.9 Å². The van der Waals surface area contributed by atoms with Gasteiger partial charge in [0.05, 0.1) is 16.7 Å². The summed E-state index contributed by atoms with van der Waals surface area (Å²) in [4.78, 5) is 16.6. The summed E-state index contributed by atoms with van der Waals surface area (Å²) in [6.45, 7) is 7.41. The molecule has 1 aromatic heterocycles. The third-order valence-electron chi connectivity index (χ3n) is 3.06. The molecule has 7 heteroatoms. The number of hydrogen-bond acceptors (Lipinski definition) is 5. The minimum Gasteiger partial charge on any atom is -0.508 e. The Hall–Kier alpha value is -0.638. The molecular weight excluding hydrogens is 539 g/mol.